The Morgan fingerprint density at radius 1 is 1.44 bits per heavy atom. The molecule has 5 heteroatoms. The zero-order valence-electron chi connectivity index (χ0n) is 8.62. The third-order valence-electron chi connectivity index (χ3n) is 2.48. The molecule has 0 radical (unpaired) electrons. The van der Waals surface area contributed by atoms with E-state index in [9.17, 15) is 9.59 Å². The van der Waals surface area contributed by atoms with Gasteiger partial charge in [-0.3, -0.25) is 9.59 Å². The number of carbonyl (C=O) groups is 2. The van der Waals surface area contributed by atoms with Crippen LogP contribution >= 0.6 is 0 Å². The van der Waals surface area contributed by atoms with Crippen molar-refractivity contribution in [2.75, 3.05) is 18.4 Å². The van der Waals surface area contributed by atoms with Gasteiger partial charge in [-0.2, -0.15) is 0 Å². The smallest absolute Gasteiger partial charge is 0.322 e. The Morgan fingerprint density at radius 2 is 2.25 bits per heavy atom. The van der Waals surface area contributed by atoms with Gasteiger partial charge in [-0.05, 0) is 24.1 Å². The Kier molecular flexibility index (Phi) is 2.76. The van der Waals surface area contributed by atoms with Gasteiger partial charge in [0.1, 0.15) is 6.54 Å². The number of amides is 1. The number of hydrogen-bond donors (Lipinski definition) is 3. The van der Waals surface area contributed by atoms with E-state index in [1.54, 1.807) is 12.1 Å². The van der Waals surface area contributed by atoms with Gasteiger partial charge in [-0.1, -0.05) is 6.07 Å². The molecule has 1 aromatic rings. The lowest BCUT2D eigenvalue weighted by Gasteiger charge is -2.05. The summed E-state index contributed by atoms with van der Waals surface area (Å²) >= 11 is 0. The molecular weight excluding hydrogens is 208 g/mol. The van der Waals surface area contributed by atoms with Crippen molar-refractivity contribution in [3.8, 4) is 0 Å². The molecule has 0 atom stereocenters. The minimum absolute atomic E-state index is 0.358. The second kappa shape index (κ2) is 4.22. The van der Waals surface area contributed by atoms with E-state index >= 15 is 0 Å². The monoisotopic (exact) mass is 220 g/mol. The van der Waals surface area contributed by atoms with Gasteiger partial charge in [-0.15, -0.1) is 0 Å². The first-order chi connectivity index (χ1) is 7.66. The first kappa shape index (κ1) is 10.5. The number of fused-ring (bicyclic) bond motifs is 1. The lowest BCUT2D eigenvalue weighted by atomic mass is 10.1. The van der Waals surface area contributed by atoms with Crippen LogP contribution in [0.1, 0.15) is 15.9 Å². The quantitative estimate of drug-likeness (QED) is 0.691. The predicted molar refractivity (Wildman–Crippen MR) is 58.6 cm³/mol. The molecule has 0 unspecified atom stereocenters. The first-order valence-corrected chi connectivity index (χ1v) is 5.03. The van der Waals surface area contributed by atoms with Crippen LogP contribution < -0.4 is 10.6 Å². The molecule has 16 heavy (non-hydrogen) atoms. The lowest BCUT2D eigenvalue weighted by Crippen LogP contribution is -2.29. The highest BCUT2D eigenvalue weighted by atomic mass is 16.4. The van der Waals surface area contributed by atoms with E-state index in [0.29, 0.717) is 5.56 Å². The Morgan fingerprint density at radius 3 is 3.00 bits per heavy atom. The molecule has 3 N–H and O–H groups in total. The maximum Gasteiger partial charge on any atom is 0.322 e. The summed E-state index contributed by atoms with van der Waals surface area (Å²) in [5.41, 5.74) is 2.63. The van der Waals surface area contributed by atoms with E-state index in [2.05, 4.69) is 10.6 Å². The maximum absolute atomic E-state index is 11.5. The number of nitrogens with one attached hydrogen (secondary N) is 2. The summed E-state index contributed by atoms with van der Waals surface area (Å²) in [5, 5.41) is 13.9. The molecule has 1 aliphatic heterocycles. The van der Waals surface area contributed by atoms with Crippen LogP contribution in [0, 0.1) is 0 Å². The molecule has 1 heterocycles. The van der Waals surface area contributed by atoms with Crippen molar-refractivity contribution >= 4 is 17.6 Å². The molecule has 1 aromatic carbocycles. The second-order valence-electron chi connectivity index (χ2n) is 3.63. The average molecular weight is 220 g/mol. The van der Waals surface area contributed by atoms with Gasteiger partial charge < -0.3 is 15.7 Å². The normalized spacial score (nSPS) is 12.8. The number of anilines is 1. The Labute approximate surface area is 92.5 Å². The van der Waals surface area contributed by atoms with Crippen LogP contribution in [0.5, 0.6) is 0 Å². The highest BCUT2D eigenvalue weighted by Crippen LogP contribution is 2.22. The van der Waals surface area contributed by atoms with Gasteiger partial charge in [0.2, 0.25) is 0 Å². The molecule has 0 aromatic heterocycles. The van der Waals surface area contributed by atoms with E-state index in [0.717, 1.165) is 18.7 Å². The molecule has 5 nitrogen and oxygen atoms in total. The van der Waals surface area contributed by atoms with Gasteiger partial charge in [0.05, 0.1) is 0 Å². The Hall–Kier alpha value is -2.04. The SMILES string of the molecule is O=C(O)CNC(=O)c1ccc2c(c1)NCC2. The number of carboxylic acids is 1. The summed E-state index contributed by atoms with van der Waals surface area (Å²) in [5.74, 6) is -1.41. The third-order valence-corrected chi connectivity index (χ3v) is 2.48. The number of benzene rings is 1. The largest absolute Gasteiger partial charge is 0.480 e. The van der Waals surface area contributed by atoms with E-state index in [1.807, 2.05) is 6.07 Å². The van der Waals surface area contributed by atoms with E-state index in [1.165, 1.54) is 5.56 Å². The zero-order valence-corrected chi connectivity index (χ0v) is 8.62. The fraction of sp³-hybridized carbons (Fsp3) is 0.273. The predicted octanol–water partition coefficient (Wildman–Crippen LogP) is 0.469. The van der Waals surface area contributed by atoms with Gasteiger partial charge in [-0.25, -0.2) is 0 Å². The van der Waals surface area contributed by atoms with Gasteiger partial charge >= 0.3 is 5.97 Å². The molecular formula is C11H12N2O3. The minimum Gasteiger partial charge on any atom is -0.480 e. The number of carboxylic acid groups (broad SMARTS) is 1. The van der Waals surface area contributed by atoms with Gasteiger partial charge in [0.25, 0.3) is 5.91 Å². The third kappa shape index (κ3) is 2.13. The van der Waals surface area contributed by atoms with Crippen molar-refractivity contribution in [3.05, 3.63) is 29.3 Å². The van der Waals surface area contributed by atoms with Crippen LogP contribution in [-0.4, -0.2) is 30.1 Å². The fourth-order valence-electron chi connectivity index (χ4n) is 1.69. The number of aliphatic carboxylic acids is 1. The molecule has 0 bridgehead atoms. The molecule has 2 rings (SSSR count). The summed E-state index contributed by atoms with van der Waals surface area (Å²) in [6.07, 6.45) is 0.965. The first-order valence-electron chi connectivity index (χ1n) is 5.03. The van der Waals surface area contributed by atoms with Crippen LogP contribution in [0.4, 0.5) is 5.69 Å². The van der Waals surface area contributed by atoms with E-state index in [-0.39, 0.29) is 12.5 Å². The highest BCUT2D eigenvalue weighted by molar-refractivity contribution is 5.96. The molecule has 0 fully saturated rings. The maximum atomic E-state index is 11.5. The van der Waals surface area contributed by atoms with Crippen molar-refractivity contribution in [2.24, 2.45) is 0 Å². The summed E-state index contributed by atoms with van der Waals surface area (Å²) in [6.45, 7) is 0.527. The second-order valence-corrected chi connectivity index (χ2v) is 3.63. The molecule has 0 saturated heterocycles. The van der Waals surface area contributed by atoms with Gasteiger partial charge in [0, 0.05) is 17.8 Å². The molecule has 1 aliphatic rings. The van der Waals surface area contributed by atoms with Crippen molar-refractivity contribution in [1.29, 1.82) is 0 Å². The molecule has 1 amide bonds. The number of carbonyl (C=O) groups excluding carboxylic acids is 1. The van der Waals surface area contributed by atoms with Crippen molar-refractivity contribution in [2.45, 2.75) is 6.42 Å². The molecule has 0 spiro atoms. The highest BCUT2D eigenvalue weighted by Gasteiger charge is 2.13. The number of rotatable bonds is 3. The lowest BCUT2D eigenvalue weighted by molar-refractivity contribution is -0.135. The Bertz CT molecular complexity index is 443. The Balaban J connectivity index is 2.09. The topological polar surface area (TPSA) is 78.4 Å². The van der Waals surface area contributed by atoms with Crippen LogP contribution in [0.25, 0.3) is 0 Å². The van der Waals surface area contributed by atoms with Crippen molar-refractivity contribution < 1.29 is 14.7 Å². The summed E-state index contributed by atoms with van der Waals surface area (Å²) in [7, 11) is 0. The van der Waals surface area contributed by atoms with E-state index in [4.69, 9.17) is 5.11 Å². The molecule has 0 saturated carbocycles. The average Bonchev–Trinajstić information content (AvgIpc) is 2.72. The van der Waals surface area contributed by atoms with Gasteiger partial charge in [0.15, 0.2) is 0 Å². The summed E-state index contributed by atoms with van der Waals surface area (Å²) in [6, 6.07) is 5.35. The summed E-state index contributed by atoms with van der Waals surface area (Å²) < 4.78 is 0. The standard InChI is InChI=1S/C11H12N2O3/c14-10(15)6-13-11(16)8-2-1-7-3-4-12-9(7)5-8/h1-2,5,12H,3-4,6H2,(H,13,16)(H,14,15). The number of hydrogen-bond acceptors (Lipinski definition) is 3. The van der Waals surface area contributed by atoms with E-state index < -0.39 is 5.97 Å². The minimum atomic E-state index is -1.05. The van der Waals surface area contributed by atoms with Crippen molar-refractivity contribution in [3.63, 3.8) is 0 Å². The fourth-order valence-corrected chi connectivity index (χ4v) is 1.69. The zero-order chi connectivity index (χ0) is 11.5. The van der Waals surface area contributed by atoms with Crippen LogP contribution in [0.2, 0.25) is 0 Å². The molecule has 84 valence electrons. The van der Waals surface area contributed by atoms with Crippen LogP contribution in [0.3, 0.4) is 0 Å². The molecule has 0 aliphatic carbocycles. The summed E-state index contributed by atoms with van der Waals surface area (Å²) in [4.78, 5) is 21.8. The van der Waals surface area contributed by atoms with Crippen LogP contribution in [-0.2, 0) is 11.2 Å². The van der Waals surface area contributed by atoms with Crippen molar-refractivity contribution in [1.82, 2.24) is 5.32 Å². The van der Waals surface area contributed by atoms with Crippen LogP contribution in [0.15, 0.2) is 18.2 Å².